The first-order valence-electron chi connectivity index (χ1n) is 6.82. The van der Waals surface area contributed by atoms with Crippen LogP contribution >= 0.6 is 15.9 Å². The zero-order valence-corrected chi connectivity index (χ0v) is 14.1. The minimum absolute atomic E-state index is 0.128. The maximum Gasteiger partial charge on any atom is 0.119 e. The minimum Gasteiger partial charge on any atom is -0.497 e. The lowest BCUT2D eigenvalue weighted by Gasteiger charge is -2.17. The van der Waals surface area contributed by atoms with E-state index in [0.717, 1.165) is 34.5 Å². The molecule has 114 valence electrons. The smallest absolute Gasteiger partial charge is 0.119 e. The number of hydrogen-bond donors (Lipinski definition) is 2. The molecule has 2 rings (SSSR count). The standard InChI is InChI=1S/C15H21BrN4O/c1-10-15(16)14(20(2)19-10)9-12(18-17)7-11-5-4-6-13(8-11)21-3/h4-6,8,12,18H,7,9,17H2,1-3H3. The fourth-order valence-corrected chi connectivity index (χ4v) is 2.91. The molecule has 6 heteroatoms. The molecule has 0 radical (unpaired) electrons. The molecule has 0 fully saturated rings. The Bertz CT molecular complexity index is 612. The fourth-order valence-electron chi connectivity index (χ4n) is 2.41. The highest BCUT2D eigenvalue weighted by molar-refractivity contribution is 9.10. The van der Waals surface area contributed by atoms with Crippen molar-refractivity contribution in [2.24, 2.45) is 12.9 Å². The van der Waals surface area contributed by atoms with Crippen molar-refractivity contribution < 1.29 is 4.74 Å². The first-order valence-corrected chi connectivity index (χ1v) is 7.61. The molecular formula is C15H21BrN4O. The van der Waals surface area contributed by atoms with E-state index in [1.54, 1.807) is 7.11 Å². The summed E-state index contributed by atoms with van der Waals surface area (Å²) in [5.74, 6) is 6.58. The van der Waals surface area contributed by atoms with Gasteiger partial charge in [-0.15, -0.1) is 0 Å². The summed E-state index contributed by atoms with van der Waals surface area (Å²) >= 11 is 3.60. The van der Waals surface area contributed by atoms with Gasteiger partial charge in [0.05, 0.1) is 23.0 Å². The lowest BCUT2D eigenvalue weighted by molar-refractivity contribution is 0.413. The fraction of sp³-hybridized carbons (Fsp3) is 0.400. The summed E-state index contributed by atoms with van der Waals surface area (Å²) in [4.78, 5) is 0. The van der Waals surface area contributed by atoms with E-state index in [0.29, 0.717) is 0 Å². The Kier molecular flexibility index (Phi) is 5.39. The molecule has 0 amide bonds. The number of ether oxygens (including phenoxy) is 1. The molecule has 5 nitrogen and oxygen atoms in total. The molecule has 0 saturated carbocycles. The van der Waals surface area contributed by atoms with Crippen molar-refractivity contribution in [3.63, 3.8) is 0 Å². The Morgan fingerprint density at radius 3 is 2.76 bits per heavy atom. The van der Waals surface area contributed by atoms with Gasteiger partial charge in [0.15, 0.2) is 0 Å². The summed E-state index contributed by atoms with van der Waals surface area (Å²) in [6.07, 6.45) is 1.62. The zero-order valence-electron chi connectivity index (χ0n) is 12.6. The van der Waals surface area contributed by atoms with Gasteiger partial charge < -0.3 is 4.74 Å². The topological polar surface area (TPSA) is 65.1 Å². The monoisotopic (exact) mass is 352 g/mol. The van der Waals surface area contributed by atoms with Crippen molar-refractivity contribution >= 4 is 15.9 Å². The zero-order chi connectivity index (χ0) is 15.4. The number of hydrazine groups is 1. The molecule has 0 aliphatic rings. The second-order valence-electron chi connectivity index (χ2n) is 5.09. The van der Waals surface area contributed by atoms with E-state index < -0.39 is 0 Å². The van der Waals surface area contributed by atoms with Crippen molar-refractivity contribution in [2.75, 3.05) is 7.11 Å². The second kappa shape index (κ2) is 7.06. The Morgan fingerprint density at radius 1 is 1.43 bits per heavy atom. The largest absolute Gasteiger partial charge is 0.497 e. The molecular weight excluding hydrogens is 332 g/mol. The summed E-state index contributed by atoms with van der Waals surface area (Å²) in [6, 6.07) is 8.18. The van der Waals surface area contributed by atoms with Gasteiger partial charge in [0.1, 0.15) is 5.75 Å². The van der Waals surface area contributed by atoms with Crippen molar-refractivity contribution in [2.45, 2.75) is 25.8 Å². The van der Waals surface area contributed by atoms with Gasteiger partial charge in [-0.1, -0.05) is 12.1 Å². The van der Waals surface area contributed by atoms with E-state index in [2.05, 4.69) is 32.5 Å². The Morgan fingerprint density at radius 2 is 2.19 bits per heavy atom. The molecule has 0 bridgehead atoms. The van der Waals surface area contributed by atoms with E-state index in [9.17, 15) is 0 Å². The molecule has 21 heavy (non-hydrogen) atoms. The SMILES string of the molecule is COc1cccc(CC(Cc2c(Br)c(C)nn2C)NN)c1. The average molecular weight is 353 g/mol. The van der Waals surface area contributed by atoms with Gasteiger partial charge in [0.2, 0.25) is 0 Å². The molecule has 0 saturated heterocycles. The van der Waals surface area contributed by atoms with Crippen LogP contribution in [0.2, 0.25) is 0 Å². The highest BCUT2D eigenvalue weighted by Crippen LogP contribution is 2.22. The lowest BCUT2D eigenvalue weighted by Crippen LogP contribution is -2.39. The van der Waals surface area contributed by atoms with Gasteiger partial charge >= 0.3 is 0 Å². The van der Waals surface area contributed by atoms with Crippen LogP contribution in [0, 0.1) is 6.92 Å². The van der Waals surface area contributed by atoms with Crippen LogP contribution in [0.25, 0.3) is 0 Å². The third kappa shape index (κ3) is 3.84. The molecule has 1 atom stereocenters. The summed E-state index contributed by atoms with van der Waals surface area (Å²) in [5, 5.41) is 4.41. The van der Waals surface area contributed by atoms with Crippen molar-refractivity contribution in [1.82, 2.24) is 15.2 Å². The molecule has 0 spiro atoms. The van der Waals surface area contributed by atoms with Crippen molar-refractivity contribution in [3.8, 4) is 5.75 Å². The van der Waals surface area contributed by atoms with Gasteiger partial charge in [0, 0.05) is 19.5 Å². The van der Waals surface area contributed by atoms with Gasteiger partial charge in [0.25, 0.3) is 0 Å². The molecule has 0 aliphatic heterocycles. The van der Waals surface area contributed by atoms with Crippen molar-refractivity contribution in [1.29, 1.82) is 0 Å². The van der Waals surface area contributed by atoms with Crippen LogP contribution in [0.3, 0.4) is 0 Å². The van der Waals surface area contributed by atoms with Crippen LogP contribution in [0.1, 0.15) is 17.0 Å². The minimum atomic E-state index is 0.128. The maximum atomic E-state index is 5.72. The summed E-state index contributed by atoms with van der Waals surface area (Å²) in [5.41, 5.74) is 6.21. The first-order chi connectivity index (χ1) is 10.0. The molecule has 2 aromatic rings. The molecule has 1 aromatic heterocycles. The highest BCUT2D eigenvalue weighted by atomic mass is 79.9. The van der Waals surface area contributed by atoms with E-state index in [-0.39, 0.29) is 6.04 Å². The molecule has 1 unspecified atom stereocenters. The molecule has 1 aromatic carbocycles. The number of nitrogens with one attached hydrogen (secondary N) is 1. The number of halogens is 1. The molecule has 3 N–H and O–H groups in total. The average Bonchev–Trinajstić information content (AvgIpc) is 2.73. The van der Waals surface area contributed by atoms with Crippen LogP contribution in [-0.4, -0.2) is 22.9 Å². The maximum absolute atomic E-state index is 5.72. The van der Waals surface area contributed by atoms with Crippen LogP contribution in [0.15, 0.2) is 28.7 Å². The number of nitrogens with two attached hydrogens (primary N) is 1. The number of methoxy groups -OCH3 is 1. The predicted octanol–water partition coefficient (Wildman–Crippen LogP) is 2.12. The van der Waals surface area contributed by atoms with Crippen molar-refractivity contribution in [3.05, 3.63) is 45.7 Å². The van der Waals surface area contributed by atoms with E-state index in [4.69, 9.17) is 10.6 Å². The van der Waals surface area contributed by atoms with Gasteiger partial charge in [-0.2, -0.15) is 5.10 Å². The van der Waals surface area contributed by atoms with Gasteiger partial charge in [-0.25, -0.2) is 0 Å². The number of aromatic nitrogens is 2. The number of hydrogen-bond acceptors (Lipinski definition) is 4. The Hall–Kier alpha value is -1.37. The highest BCUT2D eigenvalue weighted by Gasteiger charge is 2.16. The summed E-state index contributed by atoms with van der Waals surface area (Å²) in [6.45, 7) is 1.99. The number of benzene rings is 1. The lowest BCUT2D eigenvalue weighted by atomic mass is 10.0. The number of nitrogens with zero attached hydrogens (tertiary/aromatic N) is 2. The first kappa shape index (κ1) is 16.0. The molecule has 1 heterocycles. The van der Waals surface area contributed by atoms with E-state index in [1.807, 2.05) is 36.9 Å². The van der Waals surface area contributed by atoms with Gasteiger partial charge in [-0.3, -0.25) is 16.0 Å². The van der Waals surface area contributed by atoms with Gasteiger partial charge in [-0.05, 0) is 47.0 Å². The quantitative estimate of drug-likeness (QED) is 0.617. The van der Waals surface area contributed by atoms with E-state index in [1.165, 1.54) is 5.56 Å². The van der Waals surface area contributed by atoms with Crippen LogP contribution < -0.4 is 16.0 Å². The Labute approximate surface area is 133 Å². The third-order valence-electron chi connectivity index (χ3n) is 3.55. The summed E-state index contributed by atoms with van der Waals surface area (Å²) in [7, 11) is 3.62. The normalized spacial score (nSPS) is 12.4. The third-order valence-corrected chi connectivity index (χ3v) is 4.58. The van der Waals surface area contributed by atoms with E-state index >= 15 is 0 Å². The number of rotatable bonds is 6. The molecule has 0 aliphatic carbocycles. The number of aryl methyl sites for hydroxylation is 2. The Balaban J connectivity index is 2.13. The summed E-state index contributed by atoms with van der Waals surface area (Å²) < 4.78 is 8.21. The van der Waals surface area contributed by atoms with Crippen LogP contribution in [0.4, 0.5) is 0 Å². The predicted molar refractivity (Wildman–Crippen MR) is 87.2 cm³/mol. The second-order valence-corrected chi connectivity index (χ2v) is 5.89. The van der Waals surface area contributed by atoms with Crippen LogP contribution in [0.5, 0.6) is 5.75 Å². The van der Waals surface area contributed by atoms with Crippen LogP contribution in [-0.2, 0) is 19.9 Å².